The van der Waals surface area contributed by atoms with E-state index in [1.54, 1.807) is 0 Å². The number of rotatable bonds is 4. The Morgan fingerprint density at radius 1 is 1.19 bits per heavy atom. The topological polar surface area (TPSA) is 59.3 Å². The van der Waals surface area contributed by atoms with Gasteiger partial charge < -0.3 is 9.67 Å². The molecule has 0 aliphatic heterocycles. The van der Waals surface area contributed by atoms with E-state index >= 15 is 0 Å². The molecule has 0 unspecified atom stereocenters. The first-order valence-electron chi connectivity index (χ1n) is 8.15. The Morgan fingerprint density at radius 3 is 2.67 bits per heavy atom. The van der Waals surface area contributed by atoms with Gasteiger partial charge in [-0.1, -0.05) is 19.3 Å². The third-order valence-corrected chi connectivity index (χ3v) is 4.91. The van der Waals surface area contributed by atoms with Crippen LogP contribution < -0.4 is 5.56 Å². The second-order valence-corrected chi connectivity index (χ2v) is 6.36. The highest BCUT2D eigenvalue weighted by Crippen LogP contribution is 2.31. The zero-order chi connectivity index (χ0) is 14.8. The number of hydrogen-bond acceptors (Lipinski definition) is 2. The largest absolute Gasteiger partial charge is 0.481 e. The number of aromatic nitrogens is 1. The summed E-state index contributed by atoms with van der Waals surface area (Å²) in [5.41, 5.74) is 3.28. The van der Waals surface area contributed by atoms with Crippen molar-refractivity contribution in [1.82, 2.24) is 4.57 Å². The maximum Gasteiger partial charge on any atom is 0.303 e. The van der Waals surface area contributed by atoms with Crippen molar-refractivity contribution in [3.63, 3.8) is 0 Å². The van der Waals surface area contributed by atoms with E-state index in [-0.39, 0.29) is 12.0 Å². The van der Waals surface area contributed by atoms with Gasteiger partial charge in [0.05, 0.1) is 0 Å². The van der Waals surface area contributed by atoms with Crippen LogP contribution in [-0.2, 0) is 24.1 Å². The molecule has 0 spiro atoms. The van der Waals surface area contributed by atoms with Crippen LogP contribution >= 0.6 is 0 Å². The zero-order valence-corrected chi connectivity index (χ0v) is 12.4. The summed E-state index contributed by atoms with van der Waals surface area (Å²) in [7, 11) is 0. The van der Waals surface area contributed by atoms with E-state index in [1.165, 1.54) is 30.5 Å². The summed E-state index contributed by atoms with van der Waals surface area (Å²) in [5, 5.41) is 8.87. The monoisotopic (exact) mass is 289 g/mol. The molecule has 0 atom stereocenters. The number of aryl methyl sites for hydroxylation is 2. The maximum atomic E-state index is 12.8. The average Bonchev–Trinajstić information content (AvgIpc) is 2.93. The molecule has 1 aromatic rings. The molecule has 1 fully saturated rings. The highest BCUT2D eigenvalue weighted by molar-refractivity contribution is 5.67. The molecule has 2 aliphatic rings. The zero-order valence-electron chi connectivity index (χ0n) is 12.4. The van der Waals surface area contributed by atoms with E-state index in [2.05, 4.69) is 0 Å². The van der Waals surface area contributed by atoms with Crippen LogP contribution in [0.25, 0.3) is 0 Å². The van der Waals surface area contributed by atoms with Gasteiger partial charge in [-0.05, 0) is 50.2 Å². The maximum absolute atomic E-state index is 12.8. The number of fused-ring (bicyclic) bond motifs is 1. The van der Waals surface area contributed by atoms with Gasteiger partial charge >= 0.3 is 5.97 Å². The SMILES string of the molecule is O=C(O)CCc1cc2c(n(C3CCCCC3)c1=O)CCC2. The third-order valence-electron chi connectivity index (χ3n) is 4.91. The lowest BCUT2D eigenvalue weighted by atomic mass is 9.94. The molecule has 114 valence electrons. The van der Waals surface area contributed by atoms with E-state index in [4.69, 9.17) is 5.11 Å². The fourth-order valence-electron chi connectivity index (χ4n) is 3.88. The smallest absolute Gasteiger partial charge is 0.303 e. The first kappa shape index (κ1) is 14.4. The predicted molar refractivity (Wildman–Crippen MR) is 80.8 cm³/mol. The minimum atomic E-state index is -0.834. The van der Waals surface area contributed by atoms with Crippen LogP contribution in [0.2, 0.25) is 0 Å². The van der Waals surface area contributed by atoms with Crippen LogP contribution in [0.1, 0.15) is 67.8 Å². The fraction of sp³-hybridized carbons (Fsp3) is 0.647. The van der Waals surface area contributed by atoms with Gasteiger partial charge in [-0.3, -0.25) is 9.59 Å². The predicted octanol–water partition coefficient (Wildman–Crippen LogP) is 2.86. The van der Waals surface area contributed by atoms with Gasteiger partial charge in [0.1, 0.15) is 0 Å². The van der Waals surface area contributed by atoms with Crippen LogP contribution in [0.15, 0.2) is 10.9 Å². The van der Waals surface area contributed by atoms with Crippen molar-refractivity contribution in [1.29, 1.82) is 0 Å². The van der Waals surface area contributed by atoms with Crippen LogP contribution in [0.4, 0.5) is 0 Å². The first-order chi connectivity index (χ1) is 10.2. The fourth-order valence-corrected chi connectivity index (χ4v) is 3.88. The highest BCUT2D eigenvalue weighted by Gasteiger charge is 2.25. The van der Waals surface area contributed by atoms with Gasteiger partial charge in [0, 0.05) is 23.7 Å². The molecule has 1 aromatic heterocycles. The lowest BCUT2D eigenvalue weighted by Gasteiger charge is -2.27. The van der Waals surface area contributed by atoms with Crippen molar-refractivity contribution in [3.8, 4) is 0 Å². The summed E-state index contributed by atoms with van der Waals surface area (Å²) < 4.78 is 2.04. The molecule has 1 N–H and O–H groups in total. The molecule has 4 nitrogen and oxygen atoms in total. The van der Waals surface area contributed by atoms with Gasteiger partial charge in [0.25, 0.3) is 5.56 Å². The van der Waals surface area contributed by atoms with Crippen LogP contribution in [0.5, 0.6) is 0 Å². The number of carboxylic acids is 1. The molecular weight excluding hydrogens is 266 g/mol. The van der Waals surface area contributed by atoms with Crippen molar-refractivity contribution in [2.24, 2.45) is 0 Å². The van der Waals surface area contributed by atoms with E-state index < -0.39 is 5.97 Å². The normalized spacial score (nSPS) is 18.7. The molecule has 0 radical (unpaired) electrons. The summed E-state index contributed by atoms with van der Waals surface area (Å²) in [6.45, 7) is 0. The van der Waals surface area contributed by atoms with Gasteiger partial charge in [0.2, 0.25) is 0 Å². The van der Waals surface area contributed by atoms with E-state index in [1.807, 2.05) is 10.6 Å². The van der Waals surface area contributed by atoms with E-state index in [0.717, 1.165) is 32.1 Å². The second kappa shape index (κ2) is 6.04. The lowest BCUT2D eigenvalue weighted by Crippen LogP contribution is -2.31. The number of carbonyl (C=O) groups is 1. The Hall–Kier alpha value is -1.58. The van der Waals surface area contributed by atoms with E-state index in [9.17, 15) is 9.59 Å². The minimum Gasteiger partial charge on any atom is -0.481 e. The molecule has 4 heteroatoms. The number of carboxylic acid groups (broad SMARTS) is 1. The Labute approximate surface area is 124 Å². The summed E-state index contributed by atoms with van der Waals surface area (Å²) in [5.74, 6) is -0.834. The number of nitrogens with zero attached hydrogens (tertiary/aromatic N) is 1. The molecule has 0 aromatic carbocycles. The Balaban J connectivity index is 2.00. The summed E-state index contributed by atoms with van der Waals surface area (Å²) in [6.07, 6.45) is 9.39. The number of pyridine rings is 1. The molecular formula is C17H23NO3. The Morgan fingerprint density at radius 2 is 1.95 bits per heavy atom. The van der Waals surface area contributed by atoms with Crippen molar-refractivity contribution in [2.45, 2.75) is 70.3 Å². The Bertz CT molecular complexity index is 597. The summed E-state index contributed by atoms with van der Waals surface area (Å²) in [4.78, 5) is 23.6. The van der Waals surface area contributed by atoms with Crippen molar-refractivity contribution >= 4 is 5.97 Å². The van der Waals surface area contributed by atoms with Crippen molar-refractivity contribution in [3.05, 3.63) is 33.2 Å². The van der Waals surface area contributed by atoms with Crippen LogP contribution in [-0.4, -0.2) is 15.6 Å². The first-order valence-corrected chi connectivity index (χ1v) is 8.15. The van der Waals surface area contributed by atoms with Crippen LogP contribution in [0.3, 0.4) is 0 Å². The van der Waals surface area contributed by atoms with Gasteiger partial charge in [-0.2, -0.15) is 0 Å². The molecule has 1 saturated carbocycles. The molecule has 3 rings (SSSR count). The highest BCUT2D eigenvalue weighted by atomic mass is 16.4. The van der Waals surface area contributed by atoms with E-state index in [0.29, 0.717) is 18.0 Å². The summed E-state index contributed by atoms with van der Waals surface area (Å²) in [6, 6.07) is 2.32. The lowest BCUT2D eigenvalue weighted by molar-refractivity contribution is -0.136. The number of hydrogen-bond donors (Lipinski definition) is 1. The quantitative estimate of drug-likeness (QED) is 0.927. The average molecular weight is 289 g/mol. The molecule has 21 heavy (non-hydrogen) atoms. The molecule has 0 amide bonds. The molecule has 0 bridgehead atoms. The van der Waals surface area contributed by atoms with Gasteiger partial charge in [0.15, 0.2) is 0 Å². The Kier molecular flexibility index (Phi) is 4.13. The van der Waals surface area contributed by atoms with Crippen molar-refractivity contribution in [2.75, 3.05) is 0 Å². The molecule has 2 aliphatic carbocycles. The van der Waals surface area contributed by atoms with Gasteiger partial charge in [-0.15, -0.1) is 0 Å². The minimum absolute atomic E-state index is 0.0404. The molecule has 1 heterocycles. The summed E-state index contributed by atoms with van der Waals surface area (Å²) >= 11 is 0. The van der Waals surface area contributed by atoms with Crippen LogP contribution in [0, 0.1) is 0 Å². The van der Waals surface area contributed by atoms with Gasteiger partial charge in [-0.25, -0.2) is 0 Å². The molecule has 0 saturated heterocycles. The third kappa shape index (κ3) is 2.89. The second-order valence-electron chi connectivity index (χ2n) is 6.36. The number of aliphatic carboxylic acids is 1. The van der Waals surface area contributed by atoms with Crippen molar-refractivity contribution < 1.29 is 9.90 Å². The standard InChI is InChI=1S/C17H23NO3/c19-16(20)10-9-13-11-12-5-4-8-15(12)18(17(13)21)14-6-2-1-3-7-14/h11,14H,1-10H2,(H,19,20).